The van der Waals surface area contributed by atoms with E-state index in [0.717, 1.165) is 30.2 Å². The van der Waals surface area contributed by atoms with E-state index in [1.54, 1.807) is 0 Å². The van der Waals surface area contributed by atoms with Crippen molar-refractivity contribution in [2.24, 2.45) is 5.92 Å². The smallest absolute Gasteiger partial charge is 0.304 e. The molecule has 2 N–H and O–H groups in total. The first-order valence-corrected chi connectivity index (χ1v) is 8.54. The van der Waals surface area contributed by atoms with Crippen molar-refractivity contribution < 1.29 is 13.3 Å². The standard InChI is InChI=1S/C11H17N3O4S2/c1-7(2)6-13(8-3-4-8)20(17,18)10-5-9(14(15)16)11(12)19-10/h5,7-8H,3-4,6,12H2,1-2H3. The summed E-state index contributed by atoms with van der Waals surface area (Å²) < 4.78 is 26.6. The second kappa shape index (κ2) is 5.30. The van der Waals surface area contributed by atoms with Crippen LogP contribution in [0.5, 0.6) is 0 Å². The number of nitrogen functional groups attached to an aromatic ring is 1. The monoisotopic (exact) mass is 319 g/mol. The highest BCUT2D eigenvalue weighted by molar-refractivity contribution is 7.91. The van der Waals surface area contributed by atoms with Crippen molar-refractivity contribution in [3.8, 4) is 0 Å². The quantitative estimate of drug-likeness (QED) is 0.638. The van der Waals surface area contributed by atoms with Crippen LogP contribution in [0.25, 0.3) is 0 Å². The summed E-state index contributed by atoms with van der Waals surface area (Å²) in [6.07, 6.45) is 1.68. The number of thiophene rings is 1. The highest BCUT2D eigenvalue weighted by Crippen LogP contribution is 2.39. The molecular formula is C11H17N3O4S2. The van der Waals surface area contributed by atoms with Gasteiger partial charge in [-0.05, 0) is 18.8 Å². The summed E-state index contributed by atoms with van der Waals surface area (Å²) in [5.41, 5.74) is 5.19. The Labute approximate surface area is 121 Å². The van der Waals surface area contributed by atoms with Crippen LogP contribution in [0, 0.1) is 16.0 Å². The molecule has 9 heteroatoms. The molecular weight excluding hydrogens is 302 g/mol. The molecule has 0 unspecified atom stereocenters. The van der Waals surface area contributed by atoms with Gasteiger partial charge in [-0.1, -0.05) is 25.2 Å². The number of nitrogens with zero attached hydrogens (tertiary/aromatic N) is 2. The summed E-state index contributed by atoms with van der Waals surface area (Å²) in [6, 6.07) is 1.08. The van der Waals surface area contributed by atoms with E-state index >= 15 is 0 Å². The Hall–Kier alpha value is -1.19. The molecule has 1 aromatic heterocycles. The van der Waals surface area contributed by atoms with Crippen molar-refractivity contribution in [3.63, 3.8) is 0 Å². The summed E-state index contributed by atoms with van der Waals surface area (Å²) in [5.74, 6) is 0.192. The van der Waals surface area contributed by atoms with Crippen LogP contribution in [0.15, 0.2) is 10.3 Å². The zero-order valence-corrected chi connectivity index (χ0v) is 12.9. The number of rotatable bonds is 6. The Balaban J connectivity index is 2.37. The van der Waals surface area contributed by atoms with Gasteiger partial charge in [0, 0.05) is 18.7 Å². The molecule has 0 radical (unpaired) electrons. The molecule has 7 nitrogen and oxygen atoms in total. The van der Waals surface area contributed by atoms with E-state index in [4.69, 9.17) is 5.73 Å². The summed E-state index contributed by atoms with van der Waals surface area (Å²) in [4.78, 5) is 10.1. The molecule has 20 heavy (non-hydrogen) atoms. The fraction of sp³-hybridized carbons (Fsp3) is 0.636. The van der Waals surface area contributed by atoms with Crippen LogP contribution in [-0.4, -0.2) is 30.2 Å². The molecule has 1 aliphatic rings. The van der Waals surface area contributed by atoms with Crippen molar-refractivity contribution in [2.75, 3.05) is 12.3 Å². The minimum Gasteiger partial charge on any atom is -0.385 e. The Kier molecular flexibility index (Phi) is 4.03. The minimum absolute atomic E-state index is 0.0183. The van der Waals surface area contributed by atoms with Gasteiger partial charge < -0.3 is 5.73 Å². The van der Waals surface area contributed by atoms with Gasteiger partial charge in [0.1, 0.15) is 4.21 Å². The Morgan fingerprint density at radius 2 is 2.15 bits per heavy atom. The van der Waals surface area contributed by atoms with E-state index in [-0.39, 0.29) is 26.9 Å². The van der Waals surface area contributed by atoms with Crippen molar-refractivity contribution in [3.05, 3.63) is 16.2 Å². The fourth-order valence-corrected chi connectivity index (χ4v) is 5.12. The highest BCUT2D eigenvalue weighted by atomic mass is 32.2. The average Bonchev–Trinajstić information content (AvgIpc) is 3.07. The number of sulfonamides is 1. The van der Waals surface area contributed by atoms with E-state index in [1.807, 2.05) is 13.8 Å². The predicted octanol–water partition coefficient (Wildman–Crippen LogP) is 2.05. The van der Waals surface area contributed by atoms with Gasteiger partial charge in [-0.2, -0.15) is 4.31 Å². The number of hydrogen-bond donors (Lipinski definition) is 1. The van der Waals surface area contributed by atoms with E-state index in [1.165, 1.54) is 4.31 Å². The second-order valence-electron chi connectivity index (χ2n) is 5.27. The van der Waals surface area contributed by atoms with Crippen LogP contribution in [-0.2, 0) is 10.0 Å². The molecule has 0 spiro atoms. The number of hydrogen-bond acceptors (Lipinski definition) is 6. The molecule has 0 saturated heterocycles. The number of anilines is 1. The van der Waals surface area contributed by atoms with Gasteiger partial charge in [0.2, 0.25) is 0 Å². The van der Waals surface area contributed by atoms with E-state index in [0.29, 0.717) is 6.54 Å². The van der Waals surface area contributed by atoms with Crippen LogP contribution < -0.4 is 5.73 Å². The van der Waals surface area contributed by atoms with Crippen LogP contribution >= 0.6 is 11.3 Å². The zero-order valence-electron chi connectivity index (χ0n) is 11.3. The average molecular weight is 319 g/mol. The van der Waals surface area contributed by atoms with Crippen molar-refractivity contribution in [2.45, 2.75) is 36.9 Å². The lowest BCUT2D eigenvalue weighted by atomic mass is 10.2. The normalized spacial score (nSPS) is 16.0. The lowest BCUT2D eigenvalue weighted by Crippen LogP contribution is -2.35. The summed E-state index contributed by atoms with van der Waals surface area (Å²) in [6.45, 7) is 4.30. The van der Waals surface area contributed by atoms with E-state index in [9.17, 15) is 18.5 Å². The first-order chi connectivity index (χ1) is 9.23. The second-order valence-corrected chi connectivity index (χ2v) is 8.47. The largest absolute Gasteiger partial charge is 0.385 e. The number of nitrogens with two attached hydrogens (primary N) is 1. The van der Waals surface area contributed by atoms with E-state index in [2.05, 4.69) is 0 Å². The van der Waals surface area contributed by atoms with Crippen molar-refractivity contribution >= 4 is 32.0 Å². The molecule has 0 bridgehead atoms. The molecule has 1 heterocycles. The fourth-order valence-electron chi connectivity index (χ4n) is 1.92. The van der Waals surface area contributed by atoms with Gasteiger partial charge in [-0.3, -0.25) is 10.1 Å². The van der Waals surface area contributed by atoms with Crippen LogP contribution in [0.2, 0.25) is 0 Å². The van der Waals surface area contributed by atoms with Crippen molar-refractivity contribution in [1.82, 2.24) is 4.31 Å². The number of nitro groups is 1. The van der Waals surface area contributed by atoms with Gasteiger partial charge in [-0.25, -0.2) is 8.42 Å². The van der Waals surface area contributed by atoms with Gasteiger partial charge in [0.25, 0.3) is 10.0 Å². The minimum atomic E-state index is -3.70. The topological polar surface area (TPSA) is 107 Å². The maximum Gasteiger partial charge on any atom is 0.304 e. The molecule has 0 atom stereocenters. The van der Waals surface area contributed by atoms with E-state index < -0.39 is 14.9 Å². The summed E-state index contributed by atoms with van der Waals surface area (Å²) in [5, 5.41) is 10.7. The maximum atomic E-state index is 12.6. The van der Waals surface area contributed by atoms with Gasteiger partial charge in [0.05, 0.1) is 4.92 Å². The third-order valence-corrected chi connectivity index (χ3v) is 6.30. The Morgan fingerprint density at radius 3 is 2.55 bits per heavy atom. The molecule has 1 aliphatic carbocycles. The summed E-state index contributed by atoms with van der Waals surface area (Å²) >= 11 is 0.757. The Bertz CT molecular complexity index is 620. The van der Waals surface area contributed by atoms with Crippen LogP contribution in [0.4, 0.5) is 10.7 Å². The highest BCUT2D eigenvalue weighted by Gasteiger charge is 2.40. The summed E-state index contributed by atoms with van der Waals surface area (Å²) in [7, 11) is -3.70. The van der Waals surface area contributed by atoms with Gasteiger partial charge in [0.15, 0.2) is 5.00 Å². The third-order valence-electron chi connectivity index (χ3n) is 2.98. The first kappa shape index (κ1) is 15.2. The third kappa shape index (κ3) is 2.94. The van der Waals surface area contributed by atoms with Crippen molar-refractivity contribution in [1.29, 1.82) is 0 Å². The molecule has 1 fully saturated rings. The lowest BCUT2D eigenvalue weighted by molar-refractivity contribution is -0.383. The molecule has 112 valence electrons. The SMILES string of the molecule is CC(C)CN(C1CC1)S(=O)(=O)c1cc([N+](=O)[O-])c(N)s1. The molecule has 0 aliphatic heterocycles. The van der Waals surface area contributed by atoms with Crippen LogP contribution in [0.3, 0.4) is 0 Å². The van der Waals surface area contributed by atoms with Crippen LogP contribution in [0.1, 0.15) is 26.7 Å². The zero-order chi connectivity index (χ0) is 15.1. The molecule has 0 amide bonds. The predicted molar refractivity (Wildman–Crippen MR) is 77.1 cm³/mol. The molecule has 2 rings (SSSR count). The maximum absolute atomic E-state index is 12.6. The first-order valence-electron chi connectivity index (χ1n) is 6.29. The van der Waals surface area contributed by atoms with Gasteiger partial charge >= 0.3 is 5.69 Å². The molecule has 1 aromatic rings. The Morgan fingerprint density at radius 1 is 1.55 bits per heavy atom. The molecule has 1 saturated carbocycles. The molecule has 0 aromatic carbocycles. The van der Waals surface area contributed by atoms with Gasteiger partial charge in [-0.15, -0.1) is 0 Å². The lowest BCUT2D eigenvalue weighted by Gasteiger charge is -2.22.